The molecule has 0 atom stereocenters. The van der Waals surface area contributed by atoms with Crippen LogP contribution in [0.4, 0.5) is 19.0 Å². The number of nitro groups is 1. The lowest BCUT2D eigenvalue weighted by Crippen LogP contribution is -2.20. The van der Waals surface area contributed by atoms with E-state index >= 15 is 0 Å². The van der Waals surface area contributed by atoms with E-state index in [1.165, 1.54) is 6.92 Å². The number of aromatic hydroxyl groups is 1. The van der Waals surface area contributed by atoms with Gasteiger partial charge in [-0.05, 0) is 16.8 Å². The molecule has 1 rings (SSSR count). The Balaban J connectivity index is 3.34. The SMILES string of the molecule is CCOC(=O)Cc1c([N+](=O)[O-])ncc(O)c1OC(F)(F)F. The van der Waals surface area contributed by atoms with E-state index < -0.39 is 46.6 Å². The maximum atomic E-state index is 12.3. The molecule has 0 unspecified atom stereocenters. The summed E-state index contributed by atoms with van der Waals surface area (Å²) >= 11 is 0. The second-order valence-corrected chi connectivity index (χ2v) is 3.56. The Labute approximate surface area is 115 Å². The number of hydrogen-bond acceptors (Lipinski definition) is 7. The Hall–Kier alpha value is -2.59. The van der Waals surface area contributed by atoms with Gasteiger partial charge in [-0.2, -0.15) is 0 Å². The van der Waals surface area contributed by atoms with Crippen molar-refractivity contribution in [3.63, 3.8) is 0 Å². The fourth-order valence-corrected chi connectivity index (χ4v) is 1.42. The molecule has 0 aliphatic heterocycles. The van der Waals surface area contributed by atoms with Gasteiger partial charge in [0.15, 0.2) is 11.9 Å². The molecule has 0 saturated carbocycles. The number of hydrogen-bond donors (Lipinski definition) is 1. The third-order valence-corrected chi connectivity index (χ3v) is 2.10. The monoisotopic (exact) mass is 310 g/mol. The van der Waals surface area contributed by atoms with E-state index in [2.05, 4.69) is 14.5 Å². The van der Waals surface area contributed by atoms with E-state index in [-0.39, 0.29) is 6.61 Å². The topological polar surface area (TPSA) is 112 Å². The molecule has 0 radical (unpaired) electrons. The molecule has 1 aromatic rings. The second-order valence-electron chi connectivity index (χ2n) is 3.56. The Bertz CT molecular complexity index is 560. The largest absolute Gasteiger partial charge is 0.573 e. The van der Waals surface area contributed by atoms with Crippen LogP contribution in [0, 0.1) is 10.1 Å². The molecule has 116 valence electrons. The average Bonchev–Trinajstić information content (AvgIpc) is 2.32. The number of alkyl halides is 3. The molecule has 8 nitrogen and oxygen atoms in total. The summed E-state index contributed by atoms with van der Waals surface area (Å²) in [6.07, 6.45) is -5.69. The molecule has 1 N–H and O–H groups in total. The van der Waals surface area contributed by atoms with Crippen molar-refractivity contribution < 1.29 is 37.5 Å². The van der Waals surface area contributed by atoms with E-state index in [4.69, 9.17) is 0 Å². The van der Waals surface area contributed by atoms with Crippen molar-refractivity contribution in [3.8, 4) is 11.5 Å². The van der Waals surface area contributed by atoms with E-state index in [0.29, 0.717) is 6.20 Å². The Morgan fingerprint density at radius 1 is 1.52 bits per heavy atom. The highest BCUT2D eigenvalue weighted by Crippen LogP contribution is 2.38. The number of pyridine rings is 1. The number of ether oxygens (including phenoxy) is 2. The molecule has 0 saturated heterocycles. The van der Waals surface area contributed by atoms with Crippen LogP contribution in [0.25, 0.3) is 0 Å². The quantitative estimate of drug-likeness (QED) is 0.500. The fourth-order valence-electron chi connectivity index (χ4n) is 1.42. The minimum absolute atomic E-state index is 0.0751. The summed E-state index contributed by atoms with van der Waals surface area (Å²) in [7, 11) is 0. The predicted molar refractivity (Wildman–Crippen MR) is 59.6 cm³/mol. The van der Waals surface area contributed by atoms with Gasteiger partial charge in [0.1, 0.15) is 5.56 Å². The number of esters is 1. The van der Waals surface area contributed by atoms with E-state index in [1.807, 2.05) is 0 Å². The molecule has 21 heavy (non-hydrogen) atoms. The van der Waals surface area contributed by atoms with Crippen LogP contribution in [0.2, 0.25) is 0 Å². The zero-order valence-electron chi connectivity index (χ0n) is 10.5. The summed E-state index contributed by atoms with van der Waals surface area (Å²) in [5.74, 6) is -4.41. The van der Waals surface area contributed by atoms with Gasteiger partial charge in [-0.1, -0.05) is 0 Å². The van der Waals surface area contributed by atoms with E-state index in [9.17, 15) is 33.2 Å². The first-order chi connectivity index (χ1) is 9.65. The van der Waals surface area contributed by atoms with Crippen LogP contribution in [0.1, 0.15) is 12.5 Å². The first-order valence-electron chi connectivity index (χ1n) is 5.42. The number of carbonyl (C=O) groups excluding carboxylic acids is 1. The zero-order chi connectivity index (χ0) is 16.2. The van der Waals surface area contributed by atoms with Crippen LogP contribution in [0.5, 0.6) is 11.5 Å². The average molecular weight is 310 g/mol. The van der Waals surface area contributed by atoms with Crippen molar-refractivity contribution in [2.45, 2.75) is 19.7 Å². The molecule has 0 aliphatic rings. The number of nitrogens with zero attached hydrogens (tertiary/aromatic N) is 2. The number of halogens is 3. The number of aromatic nitrogens is 1. The van der Waals surface area contributed by atoms with Gasteiger partial charge in [-0.15, -0.1) is 13.2 Å². The lowest BCUT2D eigenvalue weighted by Gasteiger charge is -2.13. The first kappa shape index (κ1) is 16.5. The highest BCUT2D eigenvalue weighted by molar-refractivity contribution is 5.75. The summed E-state index contributed by atoms with van der Waals surface area (Å²) in [6, 6.07) is 0. The van der Waals surface area contributed by atoms with Crippen molar-refractivity contribution >= 4 is 11.8 Å². The van der Waals surface area contributed by atoms with Gasteiger partial charge >= 0.3 is 18.1 Å². The number of carbonyl (C=O) groups is 1. The maximum absolute atomic E-state index is 12.3. The van der Waals surface area contributed by atoms with Crippen molar-refractivity contribution in [1.29, 1.82) is 0 Å². The van der Waals surface area contributed by atoms with Crippen LogP contribution in [0.15, 0.2) is 6.20 Å². The van der Waals surface area contributed by atoms with E-state index in [0.717, 1.165) is 0 Å². The summed E-state index contributed by atoms with van der Waals surface area (Å²) in [6.45, 7) is 1.37. The van der Waals surface area contributed by atoms with Crippen molar-refractivity contribution in [2.24, 2.45) is 0 Å². The van der Waals surface area contributed by atoms with Crippen LogP contribution in [0.3, 0.4) is 0 Å². The first-order valence-corrected chi connectivity index (χ1v) is 5.42. The Kier molecular flexibility index (Phi) is 4.89. The minimum Gasteiger partial charge on any atom is -0.502 e. The smallest absolute Gasteiger partial charge is 0.502 e. The van der Waals surface area contributed by atoms with Gasteiger partial charge in [0.25, 0.3) is 0 Å². The van der Waals surface area contributed by atoms with Crippen molar-refractivity contribution in [3.05, 3.63) is 21.9 Å². The van der Waals surface area contributed by atoms with Gasteiger partial charge < -0.3 is 24.7 Å². The molecule has 1 heterocycles. The van der Waals surface area contributed by atoms with Gasteiger partial charge in [-0.3, -0.25) is 4.79 Å². The lowest BCUT2D eigenvalue weighted by molar-refractivity contribution is -0.390. The molecule has 0 bridgehead atoms. The third-order valence-electron chi connectivity index (χ3n) is 2.10. The molecule has 0 aromatic carbocycles. The van der Waals surface area contributed by atoms with Gasteiger partial charge in [0, 0.05) is 0 Å². The lowest BCUT2D eigenvalue weighted by atomic mass is 10.1. The van der Waals surface area contributed by atoms with Crippen LogP contribution in [-0.2, 0) is 16.0 Å². The molecule has 0 amide bonds. The Morgan fingerprint density at radius 2 is 2.14 bits per heavy atom. The highest BCUT2D eigenvalue weighted by atomic mass is 19.4. The van der Waals surface area contributed by atoms with Gasteiger partial charge in [0.2, 0.25) is 5.75 Å². The van der Waals surface area contributed by atoms with Crippen LogP contribution in [-0.4, -0.2) is 34.0 Å². The molecular formula is C10H9F3N2O6. The molecule has 11 heteroatoms. The molecule has 0 spiro atoms. The zero-order valence-corrected chi connectivity index (χ0v) is 10.5. The summed E-state index contributed by atoms with van der Waals surface area (Å²) in [4.78, 5) is 24.2. The summed E-state index contributed by atoms with van der Waals surface area (Å²) in [5, 5.41) is 20.1. The van der Waals surface area contributed by atoms with Gasteiger partial charge in [-0.25, -0.2) is 0 Å². The van der Waals surface area contributed by atoms with E-state index in [1.54, 1.807) is 0 Å². The summed E-state index contributed by atoms with van der Waals surface area (Å²) < 4.78 is 44.9. The Morgan fingerprint density at radius 3 is 2.62 bits per heavy atom. The van der Waals surface area contributed by atoms with Crippen LogP contribution >= 0.6 is 0 Å². The third kappa shape index (κ3) is 4.47. The molecule has 0 aliphatic carbocycles. The van der Waals surface area contributed by atoms with Crippen molar-refractivity contribution in [1.82, 2.24) is 4.98 Å². The maximum Gasteiger partial charge on any atom is 0.573 e. The summed E-state index contributed by atoms with van der Waals surface area (Å²) in [5.41, 5.74) is -0.823. The molecule has 0 fully saturated rings. The molecular weight excluding hydrogens is 301 g/mol. The molecule has 1 aromatic heterocycles. The minimum atomic E-state index is -5.21. The fraction of sp³-hybridized carbons (Fsp3) is 0.400. The normalized spacial score (nSPS) is 11.0. The highest BCUT2D eigenvalue weighted by Gasteiger charge is 2.37. The van der Waals surface area contributed by atoms with Crippen LogP contribution < -0.4 is 4.74 Å². The standard InChI is InChI=1S/C10H9F3N2O6/c1-2-20-7(17)3-5-8(21-10(11,12)13)6(16)4-14-9(5)15(18)19/h4,16H,2-3H2,1H3. The number of rotatable bonds is 5. The predicted octanol–water partition coefficient (Wildman–Crippen LogP) is 1.70. The second kappa shape index (κ2) is 6.24. The van der Waals surface area contributed by atoms with Gasteiger partial charge in [0.05, 0.1) is 13.0 Å². The van der Waals surface area contributed by atoms with Crippen molar-refractivity contribution in [2.75, 3.05) is 6.61 Å².